The van der Waals surface area contributed by atoms with E-state index >= 15 is 0 Å². The lowest BCUT2D eigenvalue weighted by Gasteiger charge is -2.34. The lowest BCUT2D eigenvalue weighted by Crippen LogP contribution is -2.48. The fourth-order valence-corrected chi connectivity index (χ4v) is 4.77. The first kappa shape index (κ1) is 17.9. The van der Waals surface area contributed by atoms with Gasteiger partial charge in [-0.1, -0.05) is 20.8 Å². The summed E-state index contributed by atoms with van der Waals surface area (Å²) in [5.41, 5.74) is 5.90. The van der Waals surface area contributed by atoms with Crippen LogP contribution in [0, 0.1) is 11.3 Å². The first-order chi connectivity index (χ1) is 12.4. The molecule has 1 amide bonds. The lowest BCUT2D eigenvalue weighted by molar-refractivity contribution is 0.0127. The Morgan fingerprint density at radius 3 is 2.81 bits per heavy atom. The minimum atomic E-state index is -0.0413. The molecule has 1 fully saturated rings. The minimum Gasteiger partial charge on any atom is -0.379 e. The quantitative estimate of drug-likeness (QED) is 0.876. The van der Waals surface area contributed by atoms with Gasteiger partial charge in [0, 0.05) is 24.2 Å². The van der Waals surface area contributed by atoms with Gasteiger partial charge in [0.1, 0.15) is 4.83 Å². The van der Waals surface area contributed by atoms with E-state index in [4.69, 9.17) is 9.72 Å². The van der Waals surface area contributed by atoms with Crippen molar-refractivity contribution >= 4 is 27.5 Å². The van der Waals surface area contributed by atoms with Crippen LogP contribution < -0.4 is 5.43 Å². The number of rotatable bonds is 2. The Balaban J connectivity index is 1.55. The Bertz CT molecular complexity index is 818. The van der Waals surface area contributed by atoms with E-state index in [0.29, 0.717) is 24.5 Å². The predicted molar refractivity (Wildman–Crippen MR) is 104 cm³/mol. The molecule has 1 aliphatic heterocycles. The van der Waals surface area contributed by atoms with Gasteiger partial charge in [0.15, 0.2) is 0 Å². The lowest BCUT2D eigenvalue weighted by atomic mass is 9.71. The summed E-state index contributed by atoms with van der Waals surface area (Å²) in [5, 5.41) is 3.03. The van der Waals surface area contributed by atoms with E-state index < -0.39 is 0 Å². The number of hydrazine groups is 1. The molecule has 2 aromatic rings. The molecule has 0 saturated carbocycles. The maximum absolute atomic E-state index is 12.6. The summed E-state index contributed by atoms with van der Waals surface area (Å²) >= 11 is 1.49. The zero-order chi connectivity index (χ0) is 18.3. The Hall–Kier alpha value is -1.50. The number of thiophene rings is 1. The molecule has 4 rings (SSSR count). The molecular weight excluding hydrogens is 346 g/mol. The standard InChI is InChI=1S/C20H27N3O2S/c1-20(2,3)15-4-5-16-13(11-15)10-14-12-17(26-19(14)21-16)18(24)22-23-6-8-25-9-7-23/h10,12,15H,4-9,11H2,1-3H3,(H,22,24). The number of carbonyl (C=O) groups excluding carboxylic acids is 1. The van der Waals surface area contributed by atoms with Crippen LogP contribution in [0.2, 0.25) is 0 Å². The Morgan fingerprint density at radius 2 is 2.08 bits per heavy atom. The largest absolute Gasteiger partial charge is 0.379 e. The van der Waals surface area contributed by atoms with Gasteiger partial charge in [-0.05, 0) is 48.3 Å². The first-order valence-corrected chi connectivity index (χ1v) is 10.3. The van der Waals surface area contributed by atoms with Gasteiger partial charge in [0.05, 0.1) is 18.1 Å². The van der Waals surface area contributed by atoms with Gasteiger partial charge in [0.25, 0.3) is 5.91 Å². The maximum Gasteiger partial charge on any atom is 0.275 e. The van der Waals surface area contributed by atoms with E-state index in [-0.39, 0.29) is 5.91 Å². The first-order valence-electron chi connectivity index (χ1n) is 9.46. The molecule has 0 radical (unpaired) electrons. The van der Waals surface area contributed by atoms with Crippen molar-refractivity contribution in [1.82, 2.24) is 15.4 Å². The van der Waals surface area contributed by atoms with Crippen LogP contribution in [0.4, 0.5) is 0 Å². The highest BCUT2D eigenvalue weighted by molar-refractivity contribution is 7.20. The molecule has 0 spiro atoms. The van der Waals surface area contributed by atoms with E-state index in [1.54, 1.807) is 0 Å². The summed E-state index contributed by atoms with van der Waals surface area (Å²) in [6.45, 7) is 9.77. The van der Waals surface area contributed by atoms with Crippen LogP contribution in [0.1, 0.15) is 48.1 Å². The van der Waals surface area contributed by atoms with Crippen molar-refractivity contribution in [3.8, 4) is 0 Å². The van der Waals surface area contributed by atoms with Crippen molar-refractivity contribution < 1.29 is 9.53 Å². The molecule has 2 aliphatic rings. The number of ether oxygens (including phenoxy) is 1. The van der Waals surface area contributed by atoms with Crippen molar-refractivity contribution in [2.24, 2.45) is 11.3 Å². The number of nitrogens with zero attached hydrogens (tertiary/aromatic N) is 2. The molecule has 0 aromatic carbocycles. The second kappa shape index (κ2) is 6.91. The number of morpholine rings is 1. The van der Waals surface area contributed by atoms with Crippen molar-refractivity contribution in [3.63, 3.8) is 0 Å². The van der Waals surface area contributed by atoms with Crippen molar-refractivity contribution in [1.29, 1.82) is 0 Å². The fraction of sp³-hybridized carbons (Fsp3) is 0.600. The number of amides is 1. The van der Waals surface area contributed by atoms with Gasteiger partial charge in [-0.2, -0.15) is 0 Å². The molecule has 0 bridgehead atoms. The second-order valence-corrected chi connectivity index (χ2v) is 9.48. The maximum atomic E-state index is 12.6. The molecule has 1 unspecified atom stereocenters. The van der Waals surface area contributed by atoms with E-state index in [9.17, 15) is 4.79 Å². The van der Waals surface area contributed by atoms with Crippen LogP contribution in [-0.4, -0.2) is 42.2 Å². The van der Waals surface area contributed by atoms with E-state index in [1.807, 2.05) is 11.1 Å². The minimum absolute atomic E-state index is 0.0413. The Labute approximate surface area is 158 Å². The van der Waals surface area contributed by atoms with Crippen molar-refractivity contribution in [2.45, 2.75) is 40.0 Å². The van der Waals surface area contributed by atoms with Crippen molar-refractivity contribution in [3.05, 3.63) is 28.3 Å². The van der Waals surface area contributed by atoms with E-state index in [1.165, 1.54) is 29.0 Å². The number of nitrogens with one attached hydrogen (secondary N) is 1. The molecule has 5 nitrogen and oxygen atoms in total. The predicted octanol–water partition coefficient (Wildman–Crippen LogP) is 3.42. The molecule has 1 aliphatic carbocycles. The average Bonchev–Trinajstić information content (AvgIpc) is 3.02. The van der Waals surface area contributed by atoms with Gasteiger partial charge in [-0.3, -0.25) is 10.2 Å². The third kappa shape index (κ3) is 3.63. The number of carbonyl (C=O) groups is 1. The molecule has 26 heavy (non-hydrogen) atoms. The average molecular weight is 374 g/mol. The van der Waals surface area contributed by atoms with E-state index in [0.717, 1.165) is 41.0 Å². The number of aryl methyl sites for hydroxylation is 1. The topological polar surface area (TPSA) is 54.5 Å². The third-order valence-electron chi connectivity index (χ3n) is 5.59. The molecule has 3 heterocycles. The van der Waals surface area contributed by atoms with Gasteiger partial charge in [0.2, 0.25) is 0 Å². The number of hydrogen-bond donors (Lipinski definition) is 1. The van der Waals surface area contributed by atoms with Crippen LogP contribution in [0.25, 0.3) is 10.2 Å². The highest BCUT2D eigenvalue weighted by atomic mass is 32.1. The molecular formula is C20H27N3O2S. The fourth-order valence-electron chi connectivity index (χ4n) is 3.85. The van der Waals surface area contributed by atoms with Gasteiger partial charge in [-0.15, -0.1) is 11.3 Å². The normalized spacial score (nSPS) is 21.6. The van der Waals surface area contributed by atoms with Crippen molar-refractivity contribution in [2.75, 3.05) is 26.3 Å². The summed E-state index contributed by atoms with van der Waals surface area (Å²) < 4.78 is 5.32. The molecule has 1 atom stereocenters. The zero-order valence-electron chi connectivity index (χ0n) is 15.8. The summed E-state index contributed by atoms with van der Waals surface area (Å²) in [6.07, 6.45) is 3.33. The van der Waals surface area contributed by atoms with Gasteiger partial charge < -0.3 is 4.74 Å². The van der Waals surface area contributed by atoms with Crippen LogP contribution in [-0.2, 0) is 17.6 Å². The molecule has 1 N–H and O–H groups in total. The smallest absolute Gasteiger partial charge is 0.275 e. The summed E-state index contributed by atoms with van der Waals surface area (Å²) in [4.78, 5) is 19.2. The third-order valence-corrected chi connectivity index (χ3v) is 6.64. The Kier molecular flexibility index (Phi) is 4.75. The molecule has 1 saturated heterocycles. The summed E-state index contributed by atoms with van der Waals surface area (Å²) in [6, 6.07) is 4.25. The summed E-state index contributed by atoms with van der Waals surface area (Å²) in [7, 11) is 0. The highest BCUT2D eigenvalue weighted by Crippen LogP contribution is 2.38. The van der Waals surface area contributed by atoms with Crippen LogP contribution in [0.3, 0.4) is 0 Å². The zero-order valence-corrected chi connectivity index (χ0v) is 16.6. The van der Waals surface area contributed by atoms with E-state index in [2.05, 4.69) is 32.3 Å². The molecule has 2 aromatic heterocycles. The Morgan fingerprint density at radius 1 is 1.31 bits per heavy atom. The highest BCUT2D eigenvalue weighted by Gasteiger charge is 2.29. The number of aromatic nitrogens is 1. The van der Waals surface area contributed by atoms with Crippen LogP contribution in [0.15, 0.2) is 12.1 Å². The summed E-state index contributed by atoms with van der Waals surface area (Å²) in [5.74, 6) is 0.650. The monoisotopic (exact) mass is 373 g/mol. The van der Waals surface area contributed by atoms with Gasteiger partial charge in [-0.25, -0.2) is 9.99 Å². The molecule has 6 heteroatoms. The number of hydrogen-bond acceptors (Lipinski definition) is 5. The second-order valence-electron chi connectivity index (χ2n) is 8.45. The SMILES string of the molecule is CC(C)(C)C1CCc2nc3sc(C(=O)NN4CCOCC4)cc3cc2C1. The molecule has 140 valence electrons. The number of fused-ring (bicyclic) bond motifs is 2. The number of pyridine rings is 1. The van der Waals surface area contributed by atoms with Crippen LogP contribution >= 0.6 is 11.3 Å². The van der Waals surface area contributed by atoms with Crippen LogP contribution in [0.5, 0.6) is 0 Å². The van der Waals surface area contributed by atoms with Gasteiger partial charge >= 0.3 is 0 Å².